The second-order valence-corrected chi connectivity index (χ2v) is 3.18. The number of hydrogen-bond acceptors (Lipinski definition) is 3. The summed E-state index contributed by atoms with van der Waals surface area (Å²) in [5, 5.41) is 12.7. The summed E-state index contributed by atoms with van der Waals surface area (Å²) >= 11 is 0. The largest absolute Gasteiger partial charge is 0.478 e. The summed E-state index contributed by atoms with van der Waals surface area (Å²) in [6.07, 6.45) is 4.74. The molecule has 2 aromatic rings. The first kappa shape index (κ1) is 9.45. The standard InChI is InChI=1S/C9H10N4O2/c1-12-8(10-6-11-12)5-13-3-2-7(4-13)9(14)15/h2-4,6H,5H2,1H3,(H,14,15). The van der Waals surface area contributed by atoms with Gasteiger partial charge in [0, 0.05) is 19.4 Å². The zero-order valence-electron chi connectivity index (χ0n) is 8.16. The number of carboxylic acid groups (broad SMARTS) is 1. The maximum Gasteiger partial charge on any atom is 0.337 e. The molecule has 6 nitrogen and oxygen atoms in total. The van der Waals surface area contributed by atoms with Gasteiger partial charge in [-0.3, -0.25) is 4.68 Å². The minimum atomic E-state index is -0.924. The normalized spacial score (nSPS) is 10.5. The molecule has 0 bridgehead atoms. The van der Waals surface area contributed by atoms with Crippen molar-refractivity contribution in [1.82, 2.24) is 19.3 Å². The van der Waals surface area contributed by atoms with E-state index in [-0.39, 0.29) is 5.56 Å². The molecule has 0 spiro atoms. The minimum Gasteiger partial charge on any atom is -0.478 e. The smallest absolute Gasteiger partial charge is 0.337 e. The van der Waals surface area contributed by atoms with Crippen LogP contribution in [0.15, 0.2) is 24.8 Å². The maximum absolute atomic E-state index is 10.6. The van der Waals surface area contributed by atoms with Crippen LogP contribution in [-0.2, 0) is 13.6 Å². The summed E-state index contributed by atoms with van der Waals surface area (Å²) in [4.78, 5) is 14.7. The molecule has 0 aromatic carbocycles. The van der Waals surface area contributed by atoms with Gasteiger partial charge < -0.3 is 9.67 Å². The summed E-state index contributed by atoms with van der Waals surface area (Å²) in [6.45, 7) is 0.518. The highest BCUT2D eigenvalue weighted by molar-refractivity contribution is 5.87. The molecule has 2 rings (SSSR count). The number of aromatic carboxylic acids is 1. The summed E-state index contributed by atoms with van der Waals surface area (Å²) < 4.78 is 3.41. The lowest BCUT2D eigenvalue weighted by molar-refractivity contribution is 0.0697. The van der Waals surface area contributed by atoms with Gasteiger partial charge >= 0.3 is 5.97 Å². The summed E-state index contributed by atoms with van der Waals surface area (Å²) in [5.41, 5.74) is 0.275. The summed E-state index contributed by atoms with van der Waals surface area (Å²) in [7, 11) is 1.80. The molecule has 0 aliphatic carbocycles. The van der Waals surface area contributed by atoms with Gasteiger partial charge in [-0.2, -0.15) is 5.10 Å². The first-order valence-corrected chi connectivity index (χ1v) is 4.39. The van der Waals surface area contributed by atoms with Crippen molar-refractivity contribution in [1.29, 1.82) is 0 Å². The van der Waals surface area contributed by atoms with Crippen LogP contribution in [0.5, 0.6) is 0 Å². The fourth-order valence-electron chi connectivity index (χ4n) is 1.29. The van der Waals surface area contributed by atoms with E-state index in [0.29, 0.717) is 6.54 Å². The third kappa shape index (κ3) is 1.88. The number of nitrogens with zero attached hydrogens (tertiary/aromatic N) is 4. The molecule has 0 saturated carbocycles. The molecule has 2 heterocycles. The lowest BCUT2D eigenvalue weighted by Gasteiger charge is -2.00. The molecule has 15 heavy (non-hydrogen) atoms. The molecule has 78 valence electrons. The maximum atomic E-state index is 10.6. The number of carbonyl (C=O) groups is 1. The second kappa shape index (κ2) is 3.56. The van der Waals surface area contributed by atoms with E-state index in [2.05, 4.69) is 10.1 Å². The van der Waals surface area contributed by atoms with Gasteiger partial charge in [0.15, 0.2) is 0 Å². The zero-order valence-corrected chi connectivity index (χ0v) is 8.16. The number of aromatic nitrogens is 4. The van der Waals surface area contributed by atoms with Gasteiger partial charge in [0.2, 0.25) is 0 Å². The van der Waals surface area contributed by atoms with Gasteiger partial charge in [-0.25, -0.2) is 9.78 Å². The molecule has 0 fully saturated rings. The molecule has 0 saturated heterocycles. The van der Waals surface area contributed by atoms with Crippen LogP contribution in [0.1, 0.15) is 16.2 Å². The lowest BCUT2D eigenvalue weighted by Crippen LogP contribution is -2.05. The predicted octanol–water partition coefficient (Wildman–Crippen LogP) is 0.363. The number of aryl methyl sites for hydroxylation is 1. The van der Waals surface area contributed by atoms with Crippen molar-refractivity contribution in [3.8, 4) is 0 Å². The van der Waals surface area contributed by atoms with Crippen LogP contribution in [0.3, 0.4) is 0 Å². The Morgan fingerprint density at radius 2 is 2.40 bits per heavy atom. The van der Waals surface area contributed by atoms with Crippen molar-refractivity contribution in [3.05, 3.63) is 36.2 Å². The molecule has 2 aromatic heterocycles. The summed E-state index contributed by atoms with van der Waals surface area (Å²) in [5.74, 6) is -0.144. The van der Waals surface area contributed by atoms with Crippen LogP contribution < -0.4 is 0 Å². The van der Waals surface area contributed by atoms with Gasteiger partial charge in [-0.1, -0.05) is 0 Å². The van der Waals surface area contributed by atoms with Crippen molar-refractivity contribution in [2.75, 3.05) is 0 Å². The van der Waals surface area contributed by atoms with Crippen LogP contribution in [0.4, 0.5) is 0 Å². The van der Waals surface area contributed by atoms with Gasteiger partial charge in [0.05, 0.1) is 12.1 Å². The van der Waals surface area contributed by atoms with Crippen LogP contribution >= 0.6 is 0 Å². The molecule has 6 heteroatoms. The van der Waals surface area contributed by atoms with Crippen molar-refractivity contribution in [2.24, 2.45) is 7.05 Å². The number of carboxylic acids is 1. The van der Waals surface area contributed by atoms with E-state index in [1.807, 2.05) is 0 Å². The molecular weight excluding hydrogens is 196 g/mol. The van der Waals surface area contributed by atoms with E-state index in [1.54, 1.807) is 34.8 Å². The van der Waals surface area contributed by atoms with Crippen LogP contribution in [0, 0.1) is 0 Å². The molecule has 0 radical (unpaired) electrons. The Bertz CT molecular complexity index is 486. The molecule has 0 amide bonds. The van der Waals surface area contributed by atoms with Gasteiger partial charge in [-0.05, 0) is 6.07 Å². The Kier molecular flexibility index (Phi) is 2.24. The van der Waals surface area contributed by atoms with E-state index in [1.165, 1.54) is 6.33 Å². The van der Waals surface area contributed by atoms with Crippen LogP contribution in [0.25, 0.3) is 0 Å². The Balaban J connectivity index is 2.18. The average molecular weight is 206 g/mol. The molecule has 1 N–H and O–H groups in total. The first-order chi connectivity index (χ1) is 7.16. The Labute approximate surface area is 85.8 Å². The van der Waals surface area contributed by atoms with Gasteiger partial charge in [-0.15, -0.1) is 0 Å². The molecule has 0 aliphatic rings. The van der Waals surface area contributed by atoms with E-state index in [9.17, 15) is 4.79 Å². The van der Waals surface area contributed by atoms with Crippen molar-refractivity contribution >= 4 is 5.97 Å². The van der Waals surface area contributed by atoms with E-state index < -0.39 is 5.97 Å². The molecular formula is C9H10N4O2. The molecule has 0 atom stereocenters. The molecule has 0 unspecified atom stereocenters. The van der Waals surface area contributed by atoms with E-state index >= 15 is 0 Å². The van der Waals surface area contributed by atoms with E-state index in [4.69, 9.17) is 5.11 Å². The van der Waals surface area contributed by atoms with Gasteiger partial charge in [0.25, 0.3) is 0 Å². The SMILES string of the molecule is Cn1ncnc1Cn1ccc(C(=O)O)c1. The van der Waals surface area contributed by atoms with Crippen molar-refractivity contribution < 1.29 is 9.90 Å². The predicted molar refractivity (Wildman–Crippen MR) is 51.5 cm³/mol. The lowest BCUT2D eigenvalue weighted by atomic mass is 10.4. The highest BCUT2D eigenvalue weighted by atomic mass is 16.4. The average Bonchev–Trinajstić information content (AvgIpc) is 2.77. The van der Waals surface area contributed by atoms with Gasteiger partial charge in [0.1, 0.15) is 12.2 Å². The third-order valence-corrected chi connectivity index (χ3v) is 2.13. The first-order valence-electron chi connectivity index (χ1n) is 4.39. The van der Waals surface area contributed by atoms with Crippen LogP contribution in [-0.4, -0.2) is 30.4 Å². The monoisotopic (exact) mass is 206 g/mol. The second-order valence-electron chi connectivity index (χ2n) is 3.18. The number of hydrogen-bond donors (Lipinski definition) is 1. The highest BCUT2D eigenvalue weighted by Gasteiger charge is 2.06. The topological polar surface area (TPSA) is 72.9 Å². The molecule has 0 aliphatic heterocycles. The highest BCUT2D eigenvalue weighted by Crippen LogP contribution is 2.03. The Hall–Kier alpha value is -2.11. The van der Waals surface area contributed by atoms with Crippen molar-refractivity contribution in [3.63, 3.8) is 0 Å². The van der Waals surface area contributed by atoms with Crippen molar-refractivity contribution in [2.45, 2.75) is 6.54 Å². The van der Waals surface area contributed by atoms with E-state index in [0.717, 1.165) is 5.82 Å². The number of rotatable bonds is 3. The Morgan fingerprint density at radius 1 is 1.60 bits per heavy atom. The minimum absolute atomic E-state index is 0.275. The fraction of sp³-hybridized carbons (Fsp3) is 0.222. The summed E-state index contributed by atoms with van der Waals surface area (Å²) in [6, 6.07) is 1.55. The van der Waals surface area contributed by atoms with Crippen LogP contribution in [0.2, 0.25) is 0 Å². The third-order valence-electron chi connectivity index (χ3n) is 2.13. The zero-order chi connectivity index (χ0) is 10.8. The Morgan fingerprint density at radius 3 is 2.93 bits per heavy atom. The quantitative estimate of drug-likeness (QED) is 0.787. The fourth-order valence-corrected chi connectivity index (χ4v) is 1.29.